The molecule has 0 bridgehead atoms. The van der Waals surface area contributed by atoms with Crippen LogP contribution in [0.3, 0.4) is 0 Å². The number of carbonyl (C=O) groups excluding carboxylic acids is 1. The van der Waals surface area contributed by atoms with Crippen molar-refractivity contribution >= 4 is 29.1 Å². The van der Waals surface area contributed by atoms with Crippen LogP contribution in [-0.4, -0.2) is 34.5 Å². The van der Waals surface area contributed by atoms with E-state index >= 15 is 0 Å². The number of carbonyl (C=O) groups is 2. The van der Waals surface area contributed by atoms with E-state index in [1.807, 2.05) is 12.3 Å². The number of aromatic nitrogens is 1. The Kier molecular flexibility index (Phi) is 3.46. The Bertz CT molecular complexity index is 1380. The van der Waals surface area contributed by atoms with Crippen molar-refractivity contribution in [2.75, 3.05) is 6.61 Å². The van der Waals surface area contributed by atoms with Crippen LogP contribution in [-0.2, 0) is 14.3 Å². The molecule has 2 heterocycles. The molecule has 9 heteroatoms. The highest BCUT2D eigenvalue weighted by Crippen LogP contribution is 3.11. The average molecular weight is 492 g/mol. The van der Waals surface area contributed by atoms with Crippen LogP contribution in [0.25, 0.3) is 0 Å². The zero-order valence-electron chi connectivity index (χ0n) is 19.0. The summed E-state index contributed by atoms with van der Waals surface area (Å²) in [4.78, 5) is 35.0. The van der Waals surface area contributed by atoms with Gasteiger partial charge in [0, 0.05) is 22.7 Å². The molecule has 0 radical (unpaired) electrons. The van der Waals surface area contributed by atoms with Crippen molar-refractivity contribution in [1.82, 2.24) is 10.3 Å². The minimum atomic E-state index is -0.654. The fraction of sp³-hybridized carbons (Fsp3) is 0.462. The Hall–Kier alpha value is -3.07. The van der Waals surface area contributed by atoms with Crippen LogP contribution in [0, 0.1) is 59.1 Å². The average Bonchev–Trinajstić information content (AvgIpc) is 3.38. The van der Waals surface area contributed by atoms with E-state index in [0.29, 0.717) is 22.0 Å². The van der Waals surface area contributed by atoms with Crippen LogP contribution in [0.5, 0.6) is 0 Å². The van der Waals surface area contributed by atoms with Gasteiger partial charge in [-0.3, -0.25) is 9.79 Å². The highest BCUT2D eigenvalue weighted by molar-refractivity contribution is 7.11. The van der Waals surface area contributed by atoms with E-state index < -0.39 is 23.4 Å². The summed E-state index contributed by atoms with van der Waals surface area (Å²) in [6.45, 7) is 3.83. The molecule has 2 aromatic rings. The zero-order valence-corrected chi connectivity index (χ0v) is 19.8. The number of aliphatic imine (C=N–C) groups is 1. The van der Waals surface area contributed by atoms with E-state index in [0.717, 1.165) is 11.3 Å². The summed E-state index contributed by atoms with van der Waals surface area (Å²) in [5.74, 6) is 0.693. The molecular formula is C26H22FN3O4S. The first kappa shape index (κ1) is 20.2. The number of amidine groups is 1. The van der Waals surface area contributed by atoms with Crippen molar-refractivity contribution in [3.63, 3.8) is 0 Å². The van der Waals surface area contributed by atoms with E-state index in [9.17, 15) is 19.1 Å². The maximum atomic E-state index is 14.0. The maximum absolute atomic E-state index is 14.0. The Labute approximate surface area is 204 Å². The predicted octanol–water partition coefficient (Wildman–Crippen LogP) is 3.32. The molecule has 0 saturated heterocycles. The molecule has 6 saturated carbocycles. The van der Waals surface area contributed by atoms with Crippen LogP contribution >= 0.6 is 11.3 Å². The molecule has 7 nitrogen and oxygen atoms in total. The minimum Gasteiger partial charge on any atom is -0.481 e. The second-order valence-electron chi connectivity index (χ2n) is 10.7. The lowest BCUT2D eigenvalue weighted by Crippen LogP contribution is -3.11. The molecule has 0 spiro atoms. The largest absolute Gasteiger partial charge is 0.481 e. The minimum absolute atomic E-state index is 0.204. The number of carboxylic acids is 1. The third kappa shape index (κ3) is 1.80. The van der Waals surface area contributed by atoms with Gasteiger partial charge >= 0.3 is 11.9 Å². The number of hydrogen-bond donors (Lipinski definition) is 2. The van der Waals surface area contributed by atoms with Crippen molar-refractivity contribution < 1.29 is 23.8 Å². The number of rotatable bonds is 6. The number of ether oxygens (including phenoxy) is 1. The van der Waals surface area contributed by atoms with Crippen LogP contribution in [0.15, 0.2) is 46.0 Å². The molecule has 0 unspecified atom stereocenters. The van der Waals surface area contributed by atoms with Crippen molar-refractivity contribution in [1.29, 1.82) is 0 Å². The predicted molar refractivity (Wildman–Crippen MR) is 123 cm³/mol. The molecule has 1 aromatic carbocycles. The van der Waals surface area contributed by atoms with Crippen molar-refractivity contribution in [3.8, 4) is 0 Å². The summed E-state index contributed by atoms with van der Waals surface area (Å²) in [6.07, 6.45) is 1.72. The molecule has 2 N–H and O–H groups in total. The molecule has 9 rings (SSSR count). The van der Waals surface area contributed by atoms with Gasteiger partial charge < -0.3 is 15.2 Å². The SMILES string of the molecule is CCOC(=O)C1=C(C23C4C5C2C2C3C4C52C(=O)O)NC(c2nccs2)=N[C@@H]1c1ccc(F)cc1C. The van der Waals surface area contributed by atoms with Gasteiger partial charge in [0.05, 0.1) is 17.6 Å². The number of benzene rings is 1. The second kappa shape index (κ2) is 6.00. The number of aliphatic carboxylic acids is 1. The number of halogens is 1. The molecule has 1 atom stereocenters. The van der Waals surface area contributed by atoms with Gasteiger partial charge in [-0.05, 0) is 72.6 Å². The molecule has 178 valence electrons. The number of nitrogens with zero attached hydrogens (tertiary/aromatic N) is 2. The number of carboxylic acid groups (broad SMARTS) is 1. The summed E-state index contributed by atoms with van der Waals surface area (Å²) in [7, 11) is 0. The van der Waals surface area contributed by atoms with Gasteiger partial charge in [0.15, 0.2) is 10.8 Å². The highest BCUT2D eigenvalue weighted by Gasteiger charge is 3.12. The first-order valence-electron chi connectivity index (χ1n) is 12.1. The molecule has 1 aliphatic heterocycles. The fourth-order valence-electron chi connectivity index (χ4n) is 9.39. The summed E-state index contributed by atoms with van der Waals surface area (Å²) in [5.41, 5.74) is 2.07. The molecule has 35 heavy (non-hydrogen) atoms. The van der Waals surface area contributed by atoms with E-state index in [4.69, 9.17) is 9.73 Å². The van der Waals surface area contributed by atoms with Gasteiger partial charge in [0.2, 0.25) is 0 Å². The molecule has 0 amide bonds. The number of aryl methyl sites for hydroxylation is 1. The number of thiazole rings is 1. The Morgan fingerprint density at radius 1 is 1.20 bits per heavy atom. The molecule has 7 aliphatic rings. The number of esters is 1. The monoisotopic (exact) mass is 491 g/mol. The van der Waals surface area contributed by atoms with Gasteiger partial charge in [-0.25, -0.2) is 14.2 Å². The van der Waals surface area contributed by atoms with Crippen molar-refractivity contribution in [2.45, 2.75) is 19.9 Å². The third-order valence-electron chi connectivity index (χ3n) is 10.1. The Morgan fingerprint density at radius 3 is 2.49 bits per heavy atom. The van der Waals surface area contributed by atoms with Gasteiger partial charge in [-0.1, -0.05) is 6.07 Å². The number of hydrogen-bond acceptors (Lipinski definition) is 7. The van der Waals surface area contributed by atoms with Gasteiger partial charge in [0.25, 0.3) is 0 Å². The molecule has 1 aromatic heterocycles. The maximum Gasteiger partial charge on any atom is 0.338 e. The molecule has 6 fully saturated rings. The standard InChI is InChI=1S/C26H22FN3O4S/c1-3-34-23(31)12-19(11-5-4-10(27)8-9(11)2)29-21(22-28-6-7-35-22)30-20(12)25-13-16-14(25)18-15(25)17(13)26(16,18)24(32)33/h4-8,13-19H,3H2,1-2H3,(H,29,30)(H,32,33)/t13?,14?,15?,16?,17?,18?,19-,25?,26?/m1/s1. The van der Waals surface area contributed by atoms with Gasteiger partial charge in [-0.15, -0.1) is 11.3 Å². The highest BCUT2D eigenvalue weighted by atomic mass is 32.1. The van der Waals surface area contributed by atoms with E-state index in [-0.39, 0.29) is 53.3 Å². The van der Waals surface area contributed by atoms with Crippen molar-refractivity contribution in [2.24, 2.45) is 51.3 Å². The number of allylic oxidation sites excluding steroid dienone is 1. The first-order chi connectivity index (χ1) is 16.9. The molecular weight excluding hydrogens is 469 g/mol. The van der Waals surface area contributed by atoms with E-state index in [1.54, 1.807) is 19.2 Å². The number of nitrogens with one attached hydrogen (secondary N) is 1. The second-order valence-corrected chi connectivity index (χ2v) is 11.6. The van der Waals surface area contributed by atoms with Crippen LogP contribution in [0.2, 0.25) is 0 Å². The normalized spacial score (nSPS) is 42.3. The first-order valence-corrected chi connectivity index (χ1v) is 12.9. The Balaban J connectivity index is 1.30. The Morgan fingerprint density at radius 2 is 1.91 bits per heavy atom. The van der Waals surface area contributed by atoms with E-state index in [2.05, 4.69) is 10.3 Å². The zero-order chi connectivity index (χ0) is 24.0. The summed E-state index contributed by atoms with van der Waals surface area (Å²) < 4.78 is 19.5. The third-order valence-corrected chi connectivity index (χ3v) is 10.9. The lowest BCUT2D eigenvalue weighted by Gasteiger charge is -3.10. The lowest BCUT2D eigenvalue weighted by molar-refractivity contribution is -0.633. The lowest BCUT2D eigenvalue weighted by atomic mass is 8.92. The van der Waals surface area contributed by atoms with E-state index in [1.165, 1.54) is 23.5 Å². The van der Waals surface area contributed by atoms with Gasteiger partial charge in [-0.2, -0.15) is 0 Å². The smallest absolute Gasteiger partial charge is 0.338 e. The summed E-state index contributed by atoms with van der Waals surface area (Å²) in [5, 5.41) is 16.0. The van der Waals surface area contributed by atoms with Gasteiger partial charge in [0.1, 0.15) is 11.9 Å². The summed E-state index contributed by atoms with van der Waals surface area (Å²) in [6, 6.07) is 3.89. The quantitative estimate of drug-likeness (QED) is 0.602. The van der Waals surface area contributed by atoms with Crippen LogP contribution < -0.4 is 5.32 Å². The van der Waals surface area contributed by atoms with Crippen molar-refractivity contribution in [3.05, 3.63) is 63.0 Å². The van der Waals surface area contributed by atoms with Crippen LogP contribution in [0.4, 0.5) is 4.39 Å². The topological polar surface area (TPSA) is 101 Å². The molecule has 6 aliphatic carbocycles. The van der Waals surface area contributed by atoms with Crippen LogP contribution in [0.1, 0.15) is 29.1 Å². The fourth-order valence-corrected chi connectivity index (χ4v) is 9.98. The summed E-state index contributed by atoms with van der Waals surface area (Å²) >= 11 is 1.46.